The number of amides is 1. The first kappa shape index (κ1) is 14.5. The van der Waals surface area contributed by atoms with Crippen LogP contribution in [0.4, 0.5) is 0 Å². The highest BCUT2D eigenvalue weighted by Crippen LogP contribution is 2.03. The average molecular weight is 254 g/mol. The Morgan fingerprint density at radius 3 is 2.53 bits per heavy atom. The summed E-state index contributed by atoms with van der Waals surface area (Å²) in [5.41, 5.74) is 1.82. The highest BCUT2D eigenvalue weighted by molar-refractivity contribution is 7.91. The number of sulfone groups is 1. The number of rotatable bonds is 6. The van der Waals surface area contributed by atoms with Gasteiger partial charge in [-0.3, -0.25) is 4.79 Å². The molecule has 0 bridgehead atoms. The summed E-state index contributed by atoms with van der Waals surface area (Å²) in [6.45, 7) is 3.93. The molecule has 0 aromatic rings. The largest absolute Gasteiger partial charge is 0.356 e. The van der Waals surface area contributed by atoms with Crippen molar-refractivity contribution in [2.45, 2.75) is 20.3 Å². The van der Waals surface area contributed by atoms with Gasteiger partial charge in [-0.15, -0.1) is 0 Å². The van der Waals surface area contributed by atoms with Crippen molar-refractivity contribution in [3.05, 3.63) is 11.1 Å². The minimum Gasteiger partial charge on any atom is -0.356 e. The first-order valence-corrected chi connectivity index (χ1v) is 6.90. The average Bonchev–Trinajstić information content (AvgIpc) is 2.15. The SMILES string of the molecule is CCNC(=O)CCS(=O)(=O)CC(C)=CCl. The van der Waals surface area contributed by atoms with Gasteiger partial charge in [-0.2, -0.15) is 0 Å². The van der Waals surface area contributed by atoms with Gasteiger partial charge in [0.1, 0.15) is 0 Å². The smallest absolute Gasteiger partial charge is 0.221 e. The summed E-state index contributed by atoms with van der Waals surface area (Å²) in [5.74, 6) is -0.467. The molecule has 0 saturated heterocycles. The van der Waals surface area contributed by atoms with E-state index in [2.05, 4.69) is 5.32 Å². The fourth-order valence-corrected chi connectivity index (χ4v) is 2.57. The predicted molar refractivity (Wildman–Crippen MR) is 61.6 cm³/mol. The van der Waals surface area contributed by atoms with Crippen molar-refractivity contribution in [2.75, 3.05) is 18.1 Å². The zero-order chi connectivity index (χ0) is 11.9. The number of carbonyl (C=O) groups is 1. The predicted octanol–water partition coefficient (Wildman–Crippen LogP) is 1.07. The first-order valence-electron chi connectivity index (χ1n) is 4.64. The summed E-state index contributed by atoms with van der Waals surface area (Å²) in [4.78, 5) is 11.0. The monoisotopic (exact) mass is 253 g/mol. The van der Waals surface area contributed by atoms with Crippen LogP contribution in [0.25, 0.3) is 0 Å². The van der Waals surface area contributed by atoms with Gasteiger partial charge in [0.05, 0.1) is 11.5 Å². The maximum absolute atomic E-state index is 11.4. The second-order valence-corrected chi connectivity index (χ2v) is 5.65. The topological polar surface area (TPSA) is 63.2 Å². The minimum atomic E-state index is -3.22. The van der Waals surface area contributed by atoms with Crippen LogP contribution in [0.2, 0.25) is 0 Å². The molecule has 0 fully saturated rings. The molecular weight excluding hydrogens is 238 g/mol. The van der Waals surface area contributed by atoms with E-state index in [1.165, 1.54) is 5.54 Å². The van der Waals surface area contributed by atoms with Crippen molar-refractivity contribution >= 4 is 27.3 Å². The van der Waals surface area contributed by atoms with Crippen LogP contribution in [0.3, 0.4) is 0 Å². The van der Waals surface area contributed by atoms with Gasteiger partial charge in [0, 0.05) is 18.5 Å². The van der Waals surface area contributed by atoms with Crippen molar-refractivity contribution in [1.29, 1.82) is 0 Å². The van der Waals surface area contributed by atoms with Crippen LogP contribution in [0, 0.1) is 0 Å². The van der Waals surface area contributed by atoms with E-state index in [-0.39, 0.29) is 23.8 Å². The summed E-state index contributed by atoms with van der Waals surface area (Å²) in [5, 5.41) is 2.54. The van der Waals surface area contributed by atoms with Gasteiger partial charge < -0.3 is 5.32 Å². The Balaban J connectivity index is 4.11. The summed E-state index contributed by atoms with van der Waals surface area (Å²) in [6.07, 6.45) is 0.00569. The lowest BCUT2D eigenvalue weighted by Gasteiger charge is -2.04. The molecule has 0 heterocycles. The lowest BCUT2D eigenvalue weighted by atomic mass is 10.4. The van der Waals surface area contributed by atoms with Crippen LogP contribution < -0.4 is 5.32 Å². The third kappa shape index (κ3) is 7.39. The molecule has 0 atom stereocenters. The molecule has 0 aromatic heterocycles. The number of hydrogen-bond acceptors (Lipinski definition) is 3. The standard InChI is InChI=1S/C9H16ClNO3S/c1-3-11-9(12)4-5-15(13,14)7-8(2)6-10/h6H,3-5,7H2,1-2H3,(H,11,12). The Kier molecular flexibility index (Phi) is 6.60. The zero-order valence-electron chi connectivity index (χ0n) is 8.92. The lowest BCUT2D eigenvalue weighted by molar-refractivity contribution is -0.120. The van der Waals surface area contributed by atoms with Gasteiger partial charge in [-0.25, -0.2) is 8.42 Å². The quantitative estimate of drug-likeness (QED) is 0.770. The van der Waals surface area contributed by atoms with Gasteiger partial charge >= 0.3 is 0 Å². The Labute approximate surface area is 95.6 Å². The van der Waals surface area contributed by atoms with Crippen LogP contribution >= 0.6 is 11.6 Å². The number of halogens is 1. The molecular formula is C9H16ClNO3S. The van der Waals surface area contributed by atoms with Gasteiger partial charge in [0.15, 0.2) is 9.84 Å². The van der Waals surface area contributed by atoms with Gasteiger partial charge in [0.2, 0.25) is 5.91 Å². The first-order chi connectivity index (χ1) is 6.91. The molecule has 88 valence electrons. The third-order valence-corrected chi connectivity index (χ3v) is 3.74. The molecule has 0 spiro atoms. The second kappa shape index (κ2) is 6.85. The molecule has 1 amide bonds. The van der Waals surface area contributed by atoms with E-state index < -0.39 is 9.84 Å². The summed E-state index contributed by atoms with van der Waals surface area (Å²) < 4.78 is 22.9. The van der Waals surface area contributed by atoms with Crippen molar-refractivity contribution < 1.29 is 13.2 Å². The number of carbonyl (C=O) groups excluding carboxylic acids is 1. The normalized spacial score (nSPS) is 12.6. The third-order valence-electron chi connectivity index (χ3n) is 1.65. The molecule has 0 aliphatic heterocycles. The highest BCUT2D eigenvalue weighted by atomic mass is 35.5. The molecule has 15 heavy (non-hydrogen) atoms. The van der Waals surface area contributed by atoms with Gasteiger partial charge in [-0.05, 0) is 19.4 Å². The Morgan fingerprint density at radius 2 is 2.07 bits per heavy atom. The van der Waals surface area contributed by atoms with E-state index >= 15 is 0 Å². The lowest BCUT2D eigenvalue weighted by Crippen LogP contribution is -2.25. The van der Waals surface area contributed by atoms with E-state index in [0.717, 1.165) is 0 Å². The summed E-state index contributed by atoms with van der Waals surface area (Å²) >= 11 is 5.36. The maximum atomic E-state index is 11.4. The molecule has 0 saturated carbocycles. The van der Waals surface area contributed by atoms with Crippen LogP contribution in [0.1, 0.15) is 20.3 Å². The van der Waals surface area contributed by atoms with E-state index in [0.29, 0.717) is 12.1 Å². The Bertz CT molecular complexity index is 335. The van der Waals surface area contributed by atoms with Gasteiger partial charge in [0.25, 0.3) is 0 Å². The van der Waals surface area contributed by atoms with E-state index in [1.807, 2.05) is 0 Å². The minimum absolute atomic E-state index is 0.00569. The molecule has 0 aliphatic rings. The van der Waals surface area contributed by atoms with Crippen LogP contribution in [-0.2, 0) is 14.6 Å². The summed E-state index contributed by atoms with van der Waals surface area (Å²) in [7, 11) is -3.22. The van der Waals surface area contributed by atoms with Crippen molar-refractivity contribution in [2.24, 2.45) is 0 Å². The van der Waals surface area contributed by atoms with Crippen LogP contribution in [0.5, 0.6) is 0 Å². The van der Waals surface area contributed by atoms with E-state index in [9.17, 15) is 13.2 Å². The fourth-order valence-electron chi connectivity index (χ4n) is 0.984. The number of nitrogens with one attached hydrogen (secondary N) is 1. The Hall–Kier alpha value is -0.550. The van der Waals surface area contributed by atoms with E-state index in [1.54, 1.807) is 13.8 Å². The molecule has 0 aliphatic carbocycles. The second-order valence-electron chi connectivity index (χ2n) is 3.25. The molecule has 6 heteroatoms. The molecule has 4 nitrogen and oxygen atoms in total. The van der Waals surface area contributed by atoms with Crippen LogP contribution in [-0.4, -0.2) is 32.4 Å². The molecule has 0 unspecified atom stereocenters. The molecule has 0 aromatic carbocycles. The Morgan fingerprint density at radius 1 is 1.47 bits per heavy atom. The summed E-state index contributed by atoms with van der Waals surface area (Å²) in [6, 6.07) is 0. The zero-order valence-corrected chi connectivity index (χ0v) is 10.5. The highest BCUT2D eigenvalue weighted by Gasteiger charge is 2.13. The number of hydrogen-bond donors (Lipinski definition) is 1. The maximum Gasteiger partial charge on any atom is 0.221 e. The molecule has 1 N–H and O–H groups in total. The molecule has 0 rings (SSSR count). The van der Waals surface area contributed by atoms with Crippen molar-refractivity contribution in [3.8, 4) is 0 Å². The van der Waals surface area contributed by atoms with Crippen molar-refractivity contribution in [1.82, 2.24) is 5.32 Å². The fraction of sp³-hybridized carbons (Fsp3) is 0.667. The van der Waals surface area contributed by atoms with Crippen molar-refractivity contribution in [3.63, 3.8) is 0 Å². The van der Waals surface area contributed by atoms with Gasteiger partial charge in [-0.1, -0.05) is 11.6 Å². The van der Waals surface area contributed by atoms with E-state index in [4.69, 9.17) is 11.6 Å². The molecule has 0 radical (unpaired) electrons. The van der Waals surface area contributed by atoms with Crippen LogP contribution in [0.15, 0.2) is 11.1 Å².